The van der Waals surface area contributed by atoms with Crippen molar-refractivity contribution < 1.29 is 23.9 Å². The molecule has 0 fully saturated rings. The van der Waals surface area contributed by atoms with Gasteiger partial charge in [-0.2, -0.15) is 5.26 Å². The van der Waals surface area contributed by atoms with Gasteiger partial charge in [0.05, 0.1) is 11.6 Å². The molecule has 1 amide bonds. The van der Waals surface area contributed by atoms with Crippen LogP contribution in [0.1, 0.15) is 47.7 Å². The summed E-state index contributed by atoms with van der Waals surface area (Å²) in [4.78, 5) is 40.2. The standard InChI is InChI=1S/C20H21N3O5S/c1-12-11-29-17(22-12)15(9-21)16(24)10-27-18(25)13-5-7-14(8-6-13)23-19(26)28-20(2,3)4/h5-8,11,15H,10H2,1-4H3,(H,23,26)/t15-/m0/s1. The van der Waals surface area contributed by atoms with E-state index in [0.717, 1.165) is 5.69 Å². The fraction of sp³-hybridized carbons (Fsp3) is 0.350. The van der Waals surface area contributed by atoms with Crippen LogP contribution in [-0.2, 0) is 14.3 Å². The number of ketones is 1. The van der Waals surface area contributed by atoms with E-state index in [1.165, 1.54) is 35.6 Å². The number of Topliss-reactive ketones (excluding diaryl/α,β-unsaturated/α-hetero) is 1. The molecule has 0 bridgehead atoms. The number of carbonyl (C=O) groups is 3. The van der Waals surface area contributed by atoms with Gasteiger partial charge in [-0.05, 0) is 52.0 Å². The van der Waals surface area contributed by atoms with Crippen LogP contribution in [0.15, 0.2) is 29.6 Å². The molecule has 2 aromatic rings. The molecule has 0 saturated carbocycles. The first kappa shape index (κ1) is 22.0. The summed E-state index contributed by atoms with van der Waals surface area (Å²) >= 11 is 1.21. The molecule has 0 aliphatic carbocycles. The lowest BCUT2D eigenvalue weighted by molar-refractivity contribution is -0.122. The molecule has 0 aliphatic heterocycles. The van der Waals surface area contributed by atoms with Gasteiger partial charge in [0.1, 0.15) is 10.6 Å². The van der Waals surface area contributed by atoms with E-state index in [1.807, 2.05) is 6.07 Å². The maximum Gasteiger partial charge on any atom is 0.412 e. The van der Waals surface area contributed by atoms with Crippen LogP contribution in [0.2, 0.25) is 0 Å². The SMILES string of the molecule is Cc1csc([C@@H](C#N)C(=O)COC(=O)c2ccc(NC(=O)OC(C)(C)C)cc2)n1. The Morgan fingerprint density at radius 1 is 1.24 bits per heavy atom. The lowest BCUT2D eigenvalue weighted by Crippen LogP contribution is -2.27. The molecule has 2 rings (SSSR count). The van der Waals surface area contributed by atoms with Gasteiger partial charge >= 0.3 is 12.1 Å². The molecule has 1 N–H and O–H groups in total. The zero-order valence-electron chi connectivity index (χ0n) is 16.5. The number of nitriles is 1. The Kier molecular flexibility index (Phi) is 7.07. The molecule has 29 heavy (non-hydrogen) atoms. The summed E-state index contributed by atoms with van der Waals surface area (Å²) in [6.07, 6.45) is -0.613. The normalized spacial score (nSPS) is 11.8. The van der Waals surface area contributed by atoms with E-state index in [4.69, 9.17) is 9.47 Å². The third-order valence-corrected chi connectivity index (χ3v) is 4.47. The monoisotopic (exact) mass is 415 g/mol. The number of aromatic nitrogens is 1. The second-order valence-corrected chi connectivity index (χ2v) is 8.03. The highest BCUT2D eigenvalue weighted by molar-refractivity contribution is 7.09. The average molecular weight is 415 g/mol. The Morgan fingerprint density at radius 2 is 1.90 bits per heavy atom. The Labute approximate surface area is 172 Å². The predicted octanol–water partition coefficient (Wildman–Crippen LogP) is 3.83. The van der Waals surface area contributed by atoms with E-state index >= 15 is 0 Å². The zero-order valence-corrected chi connectivity index (χ0v) is 17.3. The molecular formula is C20H21N3O5S. The minimum absolute atomic E-state index is 0.200. The van der Waals surface area contributed by atoms with Gasteiger partial charge in [0.25, 0.3) is 0 Å². The Morgan fingerprint density at radius 3 is 2.41 bits per heavy atom. The number of nitrogens with one attached hydrogen (secondary N) is 1. The summed E-state index contributed by atoms with van der Waals surface area (Å²) in [5.41, 5.74) is 0.732. The number of hydrogen-bond acceptors (Lipinski definition) is 8. The lowest BCUT2D eigenvalue weighted by atomic mass is 10.1. The van der Waals surface area contributed by atoms with Gasteiger partial charge in [0.15, 0.2) is 18.3 Å². The average Bonchev–Trinajstić information content (AvgIpc) is 3.05. The highest BCUT2D eigenvalue weighted by atomic mass is 32.1. The van der Waals surface area contributed by atoms with Gasteiger partial charge < -0.3 is 9.47 Å². The number of carbonyl (C=O) groups excluding carboxylic acids is 3. The van der Waals surface area contributed by atoms with Crippen LogP contribution in [0, 0.1) is 18.3 Å². The highest BCUT2D eigenvalue weighted by Crippen LogP contribution is 2.21. The fourth-order valence-electron chi connectivity index (χ4n) is 2.18. The van der Waals surface area contributed by atoms with Crippen molar-refractivity contribution in [3.63, 3.8) is 0 Å². The molecule has 1 aromatic heterocycles. The van der Waals surface area contributed by atoms with E-state index < -0.39 is 36.0 Å². The van der Waals surface area contributed by atoms with Gasteiger partial charge in [-0.15, -0.1) is 11.3 Å². The molecule has 1 heterocycles. The molecule has 0 unspecified atom stereocenters. The van der Waals surface area contributed by atoms with E-state index in [-0.39, 0.29) is 5.56 Å². The third kappa shape index (κ3) is 6.69. The number of thiazole rings is 1. The first-order chi connectivity index (χ1) is 13.6. The lowest BCUT2D eigenvalue weighted by Gasteiger charge is -2.19. The van der Waals surface area contributed by atoms with Crippen molar-refractivity contribution in [2.75, 3.05) is 11.9 Å². The summed E-state index contributed by atoms with van der Waals surface area (Å²) in [6, 6.07) is 7.82. The minimum Gasteiger partial charge on any atom is -0.454 e. The first-order valence-corrected chi connectivity index (χ1v) is 9.58. The topological polar surface area (TPSA) is 118 Å². The van der Waals surface area contributed by atoms with Gasteiger partial charge in [0.2, 0.25) is 0 Å². The van der Waals surface area contributed by atoms with Crippen LogP contribution >= 0.6 is 11.3 Å². The molecule has 0 saturated heterocycles. The summed E-state index contributed by atoms with van der Waals surface area (Å²) in [7, 11) is 0. The number of rotatable bonds is 6. The van der Waals surface area contributed by atoms with E-state index in [9.17, 15) is 19.6 Å². The van der Waals surface area contributed by atoms with Gasteiger partial charge in [-0.1, -0.05) is 0 Å². The van der Waals surface area contributed by atoms with Crippen LogP contribution in [-0.4, -0.2) is 35.0 Å². The smallest absolute Gasteiger partial charge is 0.412 e. The zero-order chi connectivity index (χ0) is 21.6. The number of hydrogen-bond donors (Lipinski definition) is 1. The molecule has 9 heteroatoms. The van der Waals surface area contributed by atoms with Crippen molar-refractivity contribution in [3.8, 4) is 6.07 Å². The Balaban J connectivity index is 1.91. The van der Waals surface area contributed by atoms with Crippen LogP contribution in [0.25, 0.3) is 0 Å². The second-order valence-electron chi connectivity index (χ2n) is 7.14. The number of benzene rings is 1. The number of nitrogens with zero attached hydrogens (tertiary/aromatic N) is 2. The van der Waals surface area contributed by atoms with Crippen LogP contribution in [0.5, 0.6) is 0 Å². The summed E-state index contributed by atoms with van der Waals surface area (Å²) in [6.45, 7) is 6.48. The molecule has 1 aromatic carbocycles. The Hall–Kier alpha value is -3.25. The van der Waals surface area contributed by atoms with E-state index in [0.29, 0.717) is 10.7 Å². The van der Waals surface area contributed by atoms with Crippen LogP contribution in [0.3, 0.4) is 0 Å². The molecule has 0 radical (unpaired) electrons. The predicted molar refractivity (Wildman–Crippen MR) is 107 cm³/mol. The maximum absolute atomic E-state index is 12.2. The van der Waals surface area contributed by atoms with Crippen molar-refractivity contribution in [1.29, 1.82) is 5.26 Å². The summed E-state index contributed by atoms with van der Waals surface area (Å²) < 4.78 is 10.2. The maximum atomic E-state index is 12.2. The number of ether oxygens (including phenoxy) is 2. The van der Waals surface area contributed by atoms with Crippen molar-refractivity contribution in [2.45, 2.75) is 39.2 Å². The van der Waals surface area contributed by atoms with E-state index in [1.54, 1.807) is 33.1 Å². The molecule has 0 aliphatic rings. The molecule has 152 valence electrons. The fourth-order valence-corrected chi connectivity index (χ4v) is 3.05. The first-order valence-electron chi connectivity index (χ1n) is 8.70. The van der Waals surface area contributed by atoms with Gasteiger partial charge in [-0.3, -0.25) is 10.1 Å². The largest absolute Gasteiger partial charge is 0.454 e. The minimum atomic E-state index is -1.07. The van der Waals surface area contributed by atoms with Crippen molar-refractivity contribution in [1.82, 2.24) is 4.98 Å². The molecule has 1 atom stereocenters. The molecule has 0 spiro atoms. The number of anilines is 1. The van der Waals surface area contributed by atoms with Crippen molar-refractivity contribution >= 4 is 34.9 Å². The third-order valence-electron chi connectivity index (χ3n) is 3.45. The number of amides is 1. The summed E-state index contributed by atoms with van der Waals surface area (Å²) in [5.74, 6) is -2.32. The second kappa shape index (κ2) is 9.30. The number of aryl methyl sites for hydroxylation is 1. The Bertz CT molecular complexity index is 938. The molecule has 8 nitrogen and oxygen atoms in total. The van der Waals surface area contributed by atoms with E-state index in [2.05, 4.69) is 10.3 Å². The van der Waals surface area contributed by atoms with Crippen molar-refractivity contribution in [2.24, 2.45) is 0 Å². The number of esters is 1. The quantitative estimate of drug-likeness (QED) is 0.712. The highest BCUT2D eigenvalue weighted by Gasteiger charge is 2.24. The molecular weight excluding hydrogens is 394 g/mol. The van der Waals surface area contributed by atoms with Gasteiger partial charge in [0, 0.05) is 16.8 Å². The summed E-state index contributed by atoms with van der Waals surface area (Å²) in [5, 5.41) is 13.9. The van der Waals surface area contributed by atoms with Crippen molar-refractivity contribution in [3.05, 3.63) is 45.9 Å². The van der Waals surface area contributed by atoms with Crippen LogP contribution in [0.4, 0.5) is 10.5 Å². The van der Waals surface area contributed by atoms with Gasteiger partial charge in [-0.25, -0.2) is 14.6 Å². The van der Waals surface area contributed by atoms with Crippen LogP contribution < -0.4 is 5.32 Å².